The number of hydrogen-bond acceptors (Lipinski definition) is 3. The van der Waals surface area contributed by atoms with Crippen LogP contribution in [0, 0.1) is 6.92 Å². The molecule has 0 bridgehead atoms. The molecule has 0 aliphatic carbocycles. The molecular weight excluding hydrogens is 362 g/mol. The first-order valence-corrected chi connectivity index (χ1v) is 9.33. The molecule has 1 amide bonds. The zero-order chi connectivity index (χ0) is 19.0. The largest absolute Gasteiger partial charge is 0.368 e. The van der Waals surface area contributed by atoms with Crippen LogP contribution >= 0.6 is 11.6 Å². The number of rotatable bonds is 2. The first-order chi connectivity index (χ1) is 13.0. The van der Waals surface area contributed by atoms with Crippen LogP contribution in [0.5, 0.6) is 0 Å². The van der Waals surface area contributed by atoms with E-state index in [1.165, 1.54) is 6.20 Å². The second-order valence-corrected chi connectivity index (χ2v) is 7.22. The van der Waals surface area contributed by atoms with E-state index in [0.717, 1.165) is 16.8 Å². The Balaban J connectivity index is 1.53. The number of benzene rings is 2. The number of aromatic amines is 1. The van der Waals surface area contributed by atoms with Crippen molar-refractivity contribution in [3.05, 3.63) is 75.0 Å². The summed E-state index contributed by atoms with van der Waals surface area (Å²) in [5.74, 6) is -0.218. The van der Waals surface area contributed by atoms with Gasteiger partial charge in [-0.3, -0.25) is 9.59 Å². The van der Waals surface area contributed by atoms with Gasteiger partial charge in [0.1, 0.15) is 5.56 Å². The van der Waals surface area contributed by atoms with Crippen molar-refractivity contribution < 1.29 is 4.79 Å². The van der Waals surface area contributed by atoms with Crippen LogP contribution in [0.1, 0.15) is 15.9 Å². The number of aryl methyl sites for hydroxylation is 1. The van der Waals surface area contributed by atoms with Crippen LogP contribution < -0.4 is 10.3 Å². The summed E-state index contributed by atoms with van der Waals surface area (Å²) >= 11 is 6.13. The zero-order valence-corrected chi connectivity index (χ0v) is 15.8. The molecule has 2 heterocycles. The molecular formula is C21H20ClN3O2. The standard InChI is InChI=1S/C21H20ClN3O2/c1-14-6-7-15(22)12-19(14)24-8-10-25(11-9-24)21(27)17-13-23-18-5-3-2-4-16(18)20(17)26/h2-7,12-13H,8-11H2,1H3,(H,23,26). The Kier molecular flexibility index (Phi) is 4.62. The number of piperazine rings is 1. The van der Waals surface area contributed by atoms with Gasteiger partial charge in [0, 0.05) is 54.0 Å². The summed E-state index contributed by atoms with van der Waals surface area (Å²) in [7, 11) is 0. The lowest BCUT2D eigenvalue weighted by molar-refractivity contribution is 0.0745. The quantitative estimate of drug-likeness (QED) is 0.739. The van der Waals surface area contributed by atoms with Crippen LogP contribution in [0.25, 0.3) is 10.9 Å². The number of pyridine rings is 1. The first kappa shape index (κ1) is 17.6. The fraction of sp³-hybridized carbons (Fsp3) is 0.238. The number of carbonyl (C=O) groups is 1. The molecule has 1 saturated heterocycles. The van der Waals surface area contributed by atoms with Gasteiger partial charge < -0.3 is 14.8 Å². The smallest absolute Gasteiger partial charge is 0.259 e. The maximum atomic E-state index is 12.9. The highest BCUT2D eigenvalue weighted by molar-refractivity contribution is 6.30. The monoisotopic (exact) mass is 381 g/mol. The number of nitrogens with zero attached hydrogens (tertiary/aromatic N) is 2. The summed E-state index contributed by atoms with van der Waals surface area (Å²) in [6.45, 7) is 4.60. The summed E-state index contributed by atoms with van der Waals surface area (Å²) in [5.41, 5.74) is 2.96. The molecule has 0 atom stereocenters. The molecule has 0 spiro atoms. The van der Waals surface area contributed by atoms with Crippen LogP contribution in [0.3, 0.4) is 0 Å². The van der Waals surface area contributed by atoms with Gasteiger partial charge in [0.25, 0.3) is 5.91 Å². The normalized spacial score (nSPS) is 14.6. The van der Waals surface area contributed by atoms with E-state index in [2.05, 4.69) is 16.8 Å². The highest BCUT2D eigenvalue weighted by Gasteiger charge is 2.25. The molecule has 1 aliphatic heterocycles. The van der Waals surface area contributed by atoms with Gasteiger partial charge in [-0.25, -0.2) is 0 Å². The van der Waals surface area contributed by atoms with Crippen molar-refractivity contribution in [1.29, 1.82) is 0 Å². The van der Waals surface area contributed by atoms with Gasteiger partial charge in [-0.1, -0.05) is 29.8 Å². The number of halogens is 1. The number of fused-ring (bicyclic) bond motifs is 1. The molecule has 138 valence electrons. The van der Waals surface area contributed by atoms with Crippen molar-refractivity contribution in [3.63, 3.8) is 0 Å². The number of anilines is 1. The molecule has 1 fully saturated rings. The number of aromatic nitrogens is 1. The average Bonchev–Trinajstić information content (AvgIpc) is 2.70. The summed E-state index contributed by atoms with van der Waals surface area (Å²) in [6, 6.07) is 13.1. The SMILES string of the molecule is Cc1ccc(Cl)cc1N1CCN(C(=O)c2c[nH]c3ccccc3c2=O)CC1. The van der Waals surface area contributed by atoms with Crippen molar-refractivity contribution in [2.45, 2.75) is 6.92 Å². The fourth-order valence-electron chi connectivity index (χ4n) is 3.57. The maximum absolute atomic E-state index is 12.9. The van der Waals surface area contributed by atoms with E-state index in [-0.39, 0.29) is 16.9 Å². The van der Waals surface area contributed by atoms with Crippen LogP contribution in [0.2, 0.25) is 5.02 Å². The van der Waals surface area contributed by atoms with E-state index >= 15 is 0 Å². The molecule has 5 nitrogen and oxygen atoms in total. The number of carbonyl (C=O) groups excluding carboxylic acids is 1. The molecule has 4 rings (SSSR count). The minimum atomic E-state index is -0.220. The van der Waals surface area contributed by atoms with Gasteiger partial charge in [-0.2, -0.15) is 0 Å². The van der Waals surface area contributed by atoms with Gasteiger partial charge in [0.05, 0.1) is 0 Å². The maximum Gasteiger partial charge on any atom is 0.259 e. The van der Waals surface area contributed by atoms with Crippen LogP contribution in [0.15, 0.2) is 53.5 Å². The summed E-state index contributed by atoms with van der Waals surface area (Å²) in [5, 5.41) is 1.24. The van der Waals surface area contributed by atoms with Crippen LogP contribution in [-0.4, -0.2) is 42.0 Å². The van der Waals surface area contributed by atoms with Gasteiger partial charge in [-0.15, -0.1) is 0 Å². The highest BCUT2D eigenvalue weighted by Crippen LogP contribution is 2.25. The molecule has 1 aromatic heterocycles. The van der Waals surface area contributed by atoms with Gasteiger partial charge in [0.2, 0.25) is 5.43 Å². The molecule has 27 heavy (non-hydrogen) atoms. The van der Waals surface area contributed by atoms with Crippen molar-refractivity contribution in [3.8, 4) is 0 Å². The Morgan fingerprint density at radius 2 is 1.81 bits per heavy atom. The number of H-pyrrole nitrogens is 1. The molecule has 3 aromatic rings. The third kappa shape index (κ3) is 3.30. The van der Waals surface area contributed by atoms with E-state index in [0.29, 0.717) is 36.6 Å². The summed E-state index contributed by atoms with van der Waals surface area (Å²) in [6.07, 6.45) is 1.53. The van der Waals surface area contributed by atoms with Crippen molar-refractivity contribution in [2.75, 3.05) is 31.1 Å². The molecule has 1 aliphatic rings. The Labute approximate surface area is 162 Å². The third-order valence-electron chi connectivity index (χ3n) is 5.10. The molecule has 2 aromatic carbocycles. The topological polar surface area (TPSA) is 56.4 Å². The molecule has 0 radical (unpaired) electrons. The molecule has 1 N–H and O–H groups in total. The molecule has 6 heteroatoms. The minimum Gasteiger partial charge on any atom is -0.368 e. The van der Waals surface area contributed by atoms with Crippen molar-refractivity contribution in [1.82, 2.24) is 9.88 Å². The van der Waals surface area contributed by atoms with Crippen molar-refractivity contribution in [2.24, 2.45) is 0 Å². The highest BCUT2D eigenvalue weighted by atomic mass is 35.5. The van der Waals surface area contributed by atoms with E-state index in [4.69, 9.17) is 11.6 Å². The number of hydrogen-bond donors (Lipinski definition) is 1. The van der Waals surface area contributed by atoms with Crippen LogP contribution in [-0.2, 0) is 0 Å². The molecule has 0 unspecified atom stereocenters. The first-order valence-electron chi connectivity index (χ1n) is 8.95. The van der Waals surface area contributed by atoms with Crippen LogP contribution in [0.4, 0.5) is 5.69 Å². The van der Waals surface area contributed by atoms with Gasteiger partial charge >= 0.3 is 0 Å². The number of para-hydroxylation sites is 1. The zero-order valence-electron chi connectivity index (χ0n) is 15.0. The lowest BCUT2D eigenvalue weighted by Gasteiger charge is -2.36. The van der Waals surface area contributed by atoms with E-state index in [1.54, 1.807) is 17.0 Å². The minimum absolute atomic E-state index is 0.195. The van der Waals surface area contributed by atoms with Crippen molar-refractivity contribution >= 4 is 34.1 Å². The Bertz CT molecular complexity index is 1070. The van der Waals surface area contributed by atoms with Gasteiger partial charge in [0.15, 0.2) is 0 Å². The predicted octanol–water partition coefficient (Wildman–Crippen LogP) is 3.45. The fourth-order valence-corrected chi connectivity index (χ4v) is 3.74. The van der Waals surface area contributed by atoms with E-state index in [1.807, 2.05) is 30.3 Å². The van der Waals surface area contributed by atoms with Gasteiger partial charge in [-0.05, 0) is 36.8 Å². The Morgan fingerprint density at radius 3 is 2.59 bits per heavy atom. The second kappa shape index (κ2) is 7.08. The third-order valence-corrected chi connectivity index (χ3v) is 5.33. The summed E-state index contributed by atoms with van der Waals surface area (Å²) < 4.78 is 0. The summed E-state index contributed by atoms with van der Waals surface area (Å²) in [4.78, 5) is 32.6. The van der Waals surface area contributed by atoms with E-state index in [9.17, 15) is 9.59 Å². The molecule has 0 saturated carbocycles. The number of nitrogens with one attached hydrogen (secondary N) is 1. The number of amides is 1. The predicted molar refractivity (Wildman–Crippen MR) is 109 cm³/mol. The Morgan fingerprint density at radius 1 is 1.07 bits per heavy atom. The van der Waals surface area contributed by atoms with E-state index < -0.39 is 0 Å². The lowest BCUT2D eigenvalue weighted by atomic mass is 10.1. The Hall–Kier alpha value is -2.79. The lowest BCUT2D eigenvalue weighted by Crippen LogP contribution is -2.49. The second-order valence-electron chi connectivity index (χ2n) is 6.79. The average molecular weight is 382 g/mol.